The van der Waals surface area contributed by atoms with E-state index in [0.717, 1.165) is 36.9 Å². The third kappa shape index (κ3) is 7.74. The number of hydrogen-bond donors (Lipinski definition) is 2. The van der Waals surface area contributed by atoms with Gasteiger partial charge in [-0.05, 0) is 48.5 Å². The quantitative estimate of drug-likeness (QED) is 0.247. The van der Waals surface area contributed by atoms with Gasteiger partial charge in [-0.3, -0.25) is 9.89 Å². The molecular formula is C24H37IN4O3. The third-order valence-electron chi connectivity index (χ3n) is 5.33. The zero-order valence-corrected chi connectivity index (χ0v) is 22.3. The Bertz CT molecular complexity index is 844. The first-order valence-corrected chi connectivity index (χ1v) is 10.6. The molecular weight excluding hydrogens is 519 g/mol. The van der Waals surface area contributed by atoms with E-state index in [1.54, 1.807) is 28.4 Å². The Balaban J connectivity index is 0.00000512. The maximum atomic E-state index is 5.43. The molecule has 32 heavy (non-hydrogen) atoms. The molecule has 2 aromatic rings. The largest absolute Gasteiger partial charge is 0.497 e. The van der Waals surface area contributed by atoms with E-state index >= 15 is 0 Å². The second kappa shape index (κ2) is 14.8. The molecule has 1 atom stereocenters. The van der Waals surface area contributed by atoms with Crippen LogP contribution in [-0.2, 0) is 6.54 Å². The maximum Gasteiger partial charge on any atom is 0.191 e. The number of guanidine groups is 1. The van der Waals surface area contributed by atoms with Crippen molar-refractivity contribution < 1.29 is 14.2 Å². The fourth-order valence-corrected chi connectivity index (χ4v) is 3.56. The van der Waals surface area contributed by atoms with Gasteiger partial charge in [0.15, 0.2) is 17.5 Å². The van der Waals surface area contributed by atoms with Gasteiger partial charge in [0.2, 0.25) is 0 Å². The molecule has 0 aliphatic heterocycles. The highest BCUT2D eigenvalue weighted by Gasteiger charge is 2.19. The number of hydrogen-bond acceptors (Lipinski definition) is 5. The van der Waals surface area contributed by atoms with E-state index < -0.39 is 0 Å². The molecule has 0 heterocycles. The minimum atomic E-state index is 0. The standard InChI is InChI=1S/C24H36N4O3.HI/c1-7-28(8-2)21(19-10-9-11-20(15-19)29-4)17-27-24(25-3)26-16-18-12-13-22(30-5)23(14-18)31-6;/h9-15,21H,7-8,16-17H2,1-6H3,(H2,25,26,27);1H. The first-order valence-electron chi connectivity index (χ1n) is 10.6. The van der Waals surface area contributed by atoms with Crippen LogP contribution in [0, 0.1) is 0 Å². The molecule has 0 saturated heterocycles. The van der Waals surface area contributed by atoms with Crippen LogP contribution in [0.15, 0.2) is 47.5 Å². The van der Waals surface area contributed by atoms with E-state index in [0.29, 0.717) is 18.0 Å². The summed E-state index contributed by atoms with van der Waals surface area (Å²) < 4.78 is 16.1. The third-order valence-corrected chi connectivity index (χ3v) is 5.33. The molecule has 0 aliphatic rings. The van der Waals surface area contributed by atoms with Gasteiger partial charge < -0.3 is 24.8 Å². The highest BCUT2D eigenvalue weighted by molar-refractivity contribution is 14.0. The molecule has 1 unspecified atom stereocenters. The molecule has 7 nitrogen and oxygen atoms in total. The van der Waals surface area contributed by atoms with Crippen LogP contribution in [0.2, 0.25) is 0 Å². The molecule has 2 rings (SSSR count). The lowest BCUT2D eigenvalue weighted by Crippen LogP contribution is -2.43. The molecule has 0 aromatic heterocycles. The summed E-state index contributed by atoms with van der Waals surface area (Å²) >= 11 is 0. The number of rotatable bonds is 11. The molecule has 0 radical (unpaired) electrons. The lowest BCUT2D eigenvalue weighted by molar-refractivity contribution is 0.218. The van der Waals surface area contributed by atoms with Crippen molar-refractivity contribution in [3.8, 4) is 17.2 Å². The summed E-state index contributed by atoms with van der Waals surface area (Å²) in [4.78, 5) is 6.81. The number of benzene rings is 2. The van der Waals surface area contributed by atoms with Crippen molar-refractivity contribution in [1.29, 1.82) is 0 Å². The van der Waals surface area contributed by atoms with Crippen LogP contribution in [-0.4, -0.2) is 58.9 Å². The van der Waals surface area contributed by atoms with Crippen LogP contribution < -0.4 is 24.8 Å². The molecule has 0 aliphatic carbocycles. The molecule has 8 heteroatoms. The Labute approximate surface area is 209 Å². The topological polar surface area (TPSA) is 67.4 Å². The van der Waals surface area contributed by atoms with Crippen molar-refractivity contribution >= 4 is 29.9 Å². The highest BCUT2D eigenvalue weighted by atomic mass is 127. The predicted molar refractivity (Wildman–Crippen MR) is 142 cm³/mol. The number of nitrogens with one attached hydrogen (secondary N) is 2. The summed E-state index contributed by atoms with van der Waals surface area (Å²) in [6.07, 6.45) is 0. The zero-order valence-electron chi connectivity index (χ0n) is 20.0. The van der Waals surface area contributed by atoms with E-state index in [4.69, 9.17) is 14.2 Å². The SMILES string of the molecule is CCN(CC)C(CNC(=NC)NCc1ccc(OC)c(OC)c1)c1cccc(OC)c1.I. The Morgan fingerprint density at radius 1 is 0.938 bits per heavy atom. The summed E-state index contributed by atoms with van der Waals surface area (Å²) in [5, 5.41) is 6.85. The average Bonchev–Trinajstić information content (AvgIpc) is 2.83. The number of halogens is 1. The first kappa shape index (κ1) is 27.8. The number of methoxy groups -OCH3 is 3. The van der Waals surface area contributed by atoms with Gasteiger partial charge in [-0.25, -0.2) is 0 Å². The van der Waals surface area contributed by atoms with E-state index in [9.17, 15) is 0 Å². The average molecular weight is 556 g/mol. The van der Waals surface area contributed by atoms with Gasteiger partial charge in [0.05, 0.1) is 27.4 Å². The van der Waals surface area contributed by atoms with Crippen molar-refractivity contribution in [2.24, 2.45) is 4.99 Å². The van der Waals surface area contributed by atoms with Crippen molar-refractivity contribution in [2.45, 2.75) is 26.4 Å². The van der Waals surface area contributed by atoms with E-state index in [1.165, 1.54) is 5.56 Å². The minimum Gasteiger partial charge on any atom is -0.497 e. The Morgan fingerprint density at radius 3 is 2.25 bits per heavy atom. The zero-order chi connectivity index (χ0) is 22.6. The van der Waals surface area contributed by atoms with Gasteiger partial charge in [0.1, 0.15) is 5.75 Å². The summed E-state index contributed by atoms with van der Waals surface area (Å²) in [5.74, 6) is 3.04. The second-order valence-corrected chi connectivity index (χ2v) is 7.01. The molecule has 0 fully saturated rings. The smallest absolute Gasteiger partial charge is 0.191 e. The van der Waals surface area contributed by atoms with E-state index in [1.807, 2.05) is 30.3 Å². The van der Waals surface area contributed by atoms with E-state index in [-0.39, 0.29) is 30.0 Å². The molecule has 2 aromatic carbocycles. The van der Waals surface area contributed by atoms with E-state index in [2.05, 4.69) is 46.5 Å². The predicted octanol–water partition coefficient (Wildman–Crippen LogP) is 4.08. The van der Waals surface area contributed by atoms with Crippen LogP contribution in [0.1, 0.15) is 31.0 Å². The van der Waals surface area contributed by atoms with Crippen molar-refractivity contribution in [2.75, 3.05) is 48.0 Å². The molecule has 178 valence electrons. The Kier molecular flexibility index (Phi) is 12.9. The van der Waals surface area contributed by atoms with Gasteiger partial charge in [-0.15, -0.1) is 24.0 Å². The van der Waals surface area contributed by atoms with Gasteiger partial charge >= 0.3 is 0 Å². The summed E-state index contributed by atoms with van der Waals surface area (Å²) in [5.41, 5.74) is 2.29. The van der Waals surface area contributed by atoms with Gasteiger partial charge in [0, 0.05) is 20.1 Å². The molecule has 2 N–H and O–H groups in total. The monoisotopic (exact) mass is 556 g/mol. The summed E-state index contributed by atoms with van der Waals surface area (Å²) in [7, 11) is 6.75. The van der Waals surface area contributed by atoms with Crippen molar-refractivity contribution in [3.05, 3.63) is 53.6 Å². The molecule has 0 bridgehead atoms. The van der Waals surface area contributed by atoms with Crippen LogP contribution in [0.25, 0.3) is 0 Å². The number of likely N-dealkylation sites (N-methyl/N-ethyl adjacent to an activating group) is 1. The normalized spacial score (nSPS) is 12.0. The molecule has 0 saturated carbocycles. The fourth-order valence-electron chi connectivity index (χ4n) is 3.56. The van der Waals surface area contributed by atoms with Crippen LogP contribution in [0.3, 0.4) is 0 Å². The van der Waals surface area contributed by atoms with Crippen LogP contribution in [0.4, 0.5) is 0 Å². The maximum absolute atomic E-state index is 5.43. The number of nitrogens with zero attached hydrogens (tertiary/aromatic N) is 2. The summed E-state index contributed by atoms with van der Waals surface area (Å²) in [6, 6.07) is 14.3. The minimum absolute atomic E-state index is 0. The van der Waals surface area contributed by atoms with Crippen LogP contribution >= 0.6 is 24.0 Å². The van der Waals surface area contributed by atoms with Crippen molar-refractivity contribution in [1.82, 2.24) is 15.5 Å². The lowest BCUT2D eigenvalue weighted by atomic mass is 10.0. The van der Waals surface area contributed by atoms with Crippen molar-refractivity contribution in [3.63, 3.8) is 0 Å². The lowest BCUT2D eigenvalue weighted by Gasteiger charge is -2.31. The molecule has 0 amide bonds. The fraction of sp³-hybridized carbons (Fsp3) is 0.458. The first-order chi connectivity index (χ1) is 15.1. The Hall–Kier alpha value is -2.20. The molecule has 0 spiro atoms. The van der Waals surface area contributed by atoms with Gasteiger partial charge in [-0.1, -0.05) is 32.0 Å². The Morgan fingerprint density at radius 2 is 1.66 bits per heavy atom. The second-order valence-electron chi connectivity index (χ2n) is 7.01. The van der Waals surface area contributed by atoms with Crippen LogP contribution in [0.5, 0.6) is 17.2 Å². The summed E-state index contributed by atoms with van der Waals surface area (Å²) in [6.45, 7) is 7.62. The number of ether oxygens (including phenoxy) is 3. The highest BCUT2D eigenvalue weighted by Crippen LogP contribution is 2.27. The van der Waals surface area contributed by atoms with Gasteiger partial charge in [-0.2, -0.15) is 0 Å². The van der Waals surface area contributed by atoms with Gasteiger partial charge in [0.25, 0.3) is 0 Å². The number of aliphatic imine (C=N–C) groups is 1.